The Kier molecular flexibility index (Phi) is 4.48. The maximum absolute atomic E-state index is 12.7. The predicted octanol–water partition coefficient (Wildman–Crippen LogP) is 3.12. The molecule has 112 valence electrons. The van der Waals surface area contributed by atoms with E-state index in [2.05, 4.69) is 30.6 Å². The second-order valence-corrected chi connectivity index (χ2v) is 5.35. The molecule has 1 fully saturated rings. The molecule has 0 aromatic carbocycles. The van der Waals surface area contributed by atoms with Gasteiger partial charge in [-0.05, 0) is 28.8 Å². The van der Waals surface area contributed by atoms with Crippen LogP contribution in [0.4, 0.5) is 23.4 Å². The number of ether oxygens (including phenoxy) is 1. The monoisotopic (exact) mass is 357 g/mol. The lowest BCUT2D eigenvalue weighted by Crippen LogP contribution is -2.32. The second-order valence-electron chi connectivity index (χ2n) is 4.55. The van der Waals surface area contributed by atoms with Crippen molar-refractivity contribution in [3.63, 3.8) is 0 Å². The van der Waals surface area contributed by atoms with E-state index in [-0.39, 0.29) is 24.2 Å². The summed E-state index contributed by atoms with van der Waals surface area (Å²) in [5.74, 6) is -3.62. The predicted molar refractivity (Wildman–Crippen MR) is 66.7 cm³/mol. The summed E-state index contributed by atoms with van der Waals surface area (Å²) in [7, 11) is 0. The summed E-state index contributed by atoms with van der Waals surface area (Å²) in [6, 6.07) is 0. The van der Waals surface area contributed by atoms with Gasteiger partial charge in [0.15, 0.2) is 5.82 Å². The van der Waals surface area contributed by atoms with Gasteiger partial charge >= 0.3 is 12.3 Å². The minimum atomic E-state index is -4.18. The first-order valence-corrected chi connectivity index (χ1v) is 6.66. The van der Waals surface area contributed by atoms with Crippen LogP contribution in [0.2, 0.25) is 0 Å². The van der Waals surface area contributed by atoms with Gasteiger partial charge in [0.25, 0.3) is 0 Å². The normalized spacial score (nSPS) is 15.9. The first kappa shape index (κ1) is 15.4. The van der Waals surface area contributed by atoms with E-state index >= 15 is 0 Å². The number of aromatic nitrogens is 2. The van der Waals surface area contributed by atoms with Crippen molar-refractivity contribution in [1.82, 2.24) is 9.97 Å². The fourth-order valence-corrected chi connectivity index (χ4v) is 2.07. The summed E-state index contributed by atoms with van der Waals surface area (Å²) in [6.07, 6.45) is -1.82. The molecule has 1 saturated carbocycles. The van der Waals surface area contributed by atoms with Crippen LogP contribution in [0.1, 0.15) is 30.3 Å². The molecular weight excluding hydrogens is 346 g/mol. The van der Waals surface area contributed by atoms with Crippen molar-refractivity contribution in [2.75, 3.05) is 12.3 Å². The molecule has 0 spiro atoms. The number of rotatable bonds is 6. The van der Waals surface area contributed by atoms with Gasteiger partial charge < -0.3 is 10.5 Å². The lowest BCUT2D eigenvalue weighted by atomic mass is 10.2. The molecule has 1 aliphatic rings. The van der Waals surface area contributed by atoms with Crippen LogP contribution in [0.15, 0.2) is 4.47 Å². The van der Waals surface area contributed by atoms with Crippen LogP contribution in [0.25, 0.3) is 0 Å². The third-order valence-corrected chi connectivity index (χ3v) is 3.57. The highest BCUT2D eigenvalue weighted by atomic mass is 79.9. The standard InChI is InChI=1S/C11H12BrF4N3O/c12-7-8(5-1-2-5)18-6(19-9(7)17)3-20-4-11(15,16)10(13)14/h5,10H,1-4H2,(H2,17,18,19). The van der Waals surface area contributed by atoms with Crippen molar-refractivity contribution in [2.45, 2.75) is 37.7 Å². The van der Waals surface area contributed by atoms with Crippen molar-refractivity contribution < 1.29 is 22.3 Å². The minimum Gasteiger partial charge on any atom is -0.383 e. The number of nitrogens with zero attached hydrogens (tertiary/aromatic N) is 2. The molecule has 0 aliphatic heterocycles. The fraction of sp³-hybridized carbons (Fsp3) is 0.636. The lowest BCUT2D eigenvalue weighted by molar-refractivity contribution is -0.168. The number of anilines is 1. The van der Waals surface area contributed by atoms with E-state index in [0.717, 1.165) is 12.8 Å². The van der Waals surface area contributed by atoms with Crippen LogP contribution >= 0.6 is 15.9 Å². The summed E-state index contributed by atoms with van der Waals surface area (Å²) in [5, 5.41) is 0. The van der Waals surface area contributed by atoms with Gasteiger partial charge in [-0.2, -0.15) is 8.78 Å². The van der Waals surface area contributed by atoms with Gasteiger partial charge in [-0.3, -0.25) is 0 Å². The summed E-state index contributed by atoms with van der Waals surface area (Å²) in [5.41, 5.74) is 6.38. The number of alkyl halides is 4. The summed E-state index contributed by atoms with van der Waals surface area (Å²) in [4.78, 5) is 8.03. The summed E-state index contributed by atoms with van der Waals surface area (Å²) >= 11 is 3.26. The van der Waals surface area contributed by atoms with Crippen molar-refractivity contribution in [1.29, 1.82) is 0 Å². The molecule has 2 N–H and O–H groups in total. The molecule has 1 aromatic heterocycles. The zero-order valence-electron chi connectivity index (χ0n) is 10.3. The van der Waals surface area contributed by atoms with Crippen LogP contribution in [0.5, 0.6) is 0 Å². The first-order chi connectivity index (χ1) is 9.31. The van der Waals surface area contributed by atoms with Gasteiger partial charge in [0.1, 0.15) is 19.0 Å². The maximum atomic E-state index is 12.7. The first-order valence-electron chi connectivity index (χ1n) is 5.86. The SMILES string of the molecule is Nc1nc(COCC(F)(F)C(F)F)nc(C2CC2)c1Br. The number of nitrogen functional groups attached to an aromatic ring is 1. The molecule has 1 aromatic rings. The van der Waals surface area contributed by atoms with Gasteiger partial charge in [-0.15, -0.1) is 0 Å². The highest BCUT2D eigenvalue weighted by Gasteiger charge is 2.41. The molecule has 9 heteroatoms. The molecule has 0 bridgehead atoms. The summed E-state index contributed by atoms with van der Waals surface area (Å²) in [6.45, 7) is -1.78. The van der Waals surface area contributed by atoms with E-state index in [1.807, 2.05) is 0 Å². The summed E-state index contributed by atoms with van der Waals surface area (Å²) < 4.78 is 54.4. The molecule has 0 radical (unpaired) electrons. The highest BCUT2D eigenvalue weighted by molar-refractivity contribution is 9.10. The van der Waals surface area contributed by atoms with E-state index < -0.39 is 19.0 Å². The van der Waals surface area contributed by atoms with E-state index in [4.69, 9.17) is 5.73 Å². The van der Waals surface area contributed by atoms with Gasteiger partial charge in [0, 0.05) is 5.92 Å². The largest absolute Gasteiger partial charge is 0.383 e. The number of halogens is 5. The Morgan fingerprint density at radius 1 is 1.35 bits per heavy atom. The molecule has 4 nitrogen and oxygen atoms in total. The Labute approximate surface area is 120 Å². The number of nitrogens with two attached hydrogens (primary N) is 1. The average molecular weight is 358 g/mol. The minimum absolute atomic E-state index is 0.109. The Morgan fingerprint density at radius 3 is 2.55 bits per heavy atom. The smallest absolute Gasteiger partial charge is 0.330 e. The quantitative estimate of drug-likeness (QED) is 0.794. The Hall–Kier alpha value is -0.960. The van der Waals surface area contributed by atoms with Crippen molar-refractivity contribution in [2.24, 2.45) is 0 Å². The van der Waals surface area contributed by atoms with Crippen LogP contribution in [-0.4, -0.2) is 28.9 Å². The third kappa shape index (κ3) is 3.57. The maximum Gasteiger partial charge on any atom is 0.330 e. The van der Waals surface area contributed by atoms with Gasteiger partial charge in [0.05, 0.1) is 10.2 Å². The van der Waals surface area contributed by atoms with E-state index in [0.29, 0.717) is 10.2 Å². The Balaban J connectivity index is 2.00. The molecule has 0 atom stereocenters. The van der Waals surface area contributed by atoms with Gasteiger partial charge in [-0.1, -0.05) is 0 Å². The topological polar surface area (TPSA) is 61.0 Å². The highest BCUT2D eigenvalue weighted by Crippen LogP contribution is 2.43. The third-order valence-electron chi connectivity index (χ3n) is 2.76. The van der Waals surface area contributed by atoms with Crippen LogP contribution in [0, 0.1) is 0 Å². The molecule has 0 amide bonds. The lowest BCUT2D eigenvalue weighted by Gasteiger charge is -2.15. The van der Waals surface area contributed by atoms with E-state index in [9.17, 15) is 17.6 Å². The van der Waals surface area contributed by atoms with Crippen molar-refractivity contribution in [3.05, 3.63) is 16.0 Å². The van der Waals surface area contributed by atoms with Gasteiger partial charge in [-0.25, -0.2) is 18.7 Å². The molecule has 20 heavy (non-hydrogen) atoms. The molecule has 1 heterocycles. The zero-order chi connectivity index (χ0) is 14.9. The molecule has 1 aliphatic carbocycles. The van der Waals surface area contributed by atoms with Crippen LogP contribution in [-0.2, 0) is 11.3 Å². The van der Waals surface area contributed by atoms with Crippen LogP contribution < -0.4 is 5.73 Å². The second kappa shape index (κ2) is 5.80. The van der Waals surface area contributed by atoms with E-state index in [1.165, 1.54) is 0 Å². The van der Waals surface area contributed by atoms with Crippen LogP contribution in [0.3, 0.4) is 0 Å². The Bertz CT molecular complexity index is 497. The van der Waals surface area contributed by atoms with Gasteiger partial charge in [0.2, 0.25) is 0 Å². The molecule has 0 unspecified atom stereocenters. The molecular formula is C11H12BrF4N3O. The Morgan fingerprint density at radius 2 is 2.00 bits per heavy atom. The molecule has 0 saturated heterocycles. The van der Waals surface area contributed by atoms with Crippen molar-refractivity contribution in [3.8, 4) is 0 Å². The number of hydrogen-bond acceptors (Lipinski definition) is 4. The number of hydrogen-bond donors (Lipinski definition) is 1. The van der Waals surface area contributed by atoms with Crippen molar-refractivity contribution >= 4 is 21.7 Å². The zero-order valence-corrected chi connectivity index (χ0v) is 11.8. The average Bonchev–Trinajstić information content (AvgIpc) is 3.17. The fourth-order valence-electron chi connectivity index (χ4n) is 1.57. The van der Waals surface area contributed by atoms with E-state index in [1.54, 1.807) is 0 Å². The molecule has 2 rings (SSSR count).